The monoisotopic (exact) mass is 418 g/mol. The first-order chi connectivity index (χ1) is 13.2. The molecule has 0 aliphatic carbocycles. The second-order valence-corrected chi connectivity index (χ2v) is 8.17. The van der Waals surface area contributed by atoms with Gasteiger partial charge >= 0.3 is 0 Å². The smallest absolute Gasteiger partial charge is 0.261 e. The number of carbonyl (C=O) groups is 1. The molecule has 144 valence electrons. The molecular weight excluding hydrogens is 403 g/mol. The Morgan fingerprint density at radius 3 is 2.32 bits per heavy atom. The highest BCUT2D eigenvalue weighted by molar-refractivity contribution is 7.92. The summed E-state index contributed by atoms with van der Waals surface area (Å²) >= 11 is 6.15. The summed E-state index contributed by atoms with van der Waals surface area (Å²) in [5, 5.41) is 2.59. The zero-order chi connectivity index (χ0) is 20.3. The second kappa shape index (κ2) is 8.00. The Kier molecular flexibility index (Phi) is 5.67. The number of aryl methyl sites for hydroxylation is 1. The molecule has 0 radical (unpaired) electrons. The summed E-state index contributed by atoms with van der Waals surface area (Å²) in [6, 6.07) is 16.0. The highest BCUT2D eigenvalue weighted by atomic mass is 35.5. The lowest BCUT2D eigenvalue weighted by Crippen LogP contribution is -2.15. The molecule has 0 saturated carbocycles. The lowest BCUT2D eigenvalue weighted by atomic mass is 10.2. The average molecular weight is 419 g/mol. The van der Waals surface area contributed by atoms with E-state index in [1.165, 1.54) is 48.5 Å². The van der Waals surface area contributed by atoms with E-state index in [1.54, 1.807) is 18.2 Å². The molecule has 0 aromatic heterocycles. The van der Waals surface area contributed by atoms with Crippen LogP contribution in [0.1, 0.15) is 15.9 Å². The maximum atomic E-state index is 13.2. The molecule has 0 heterocycles. The lowest BCUT2D eigenvalue weighted by Gasteiger charge is -2.11. The molecule has 0 saturated heterocycles. The summed E-state index contributed by atoms with van der Waals surface area (Å²) in [6.45, 7) is 1.86. The number of halogens is 2. The van der Waals surface area contributed by atoms with Crippen molar-refractivity contribution in [1.29, 1.82) is 0 Å². The fourth-order valence-corrected chi connectivity index (χ4v) is 3.77. The Morgan fingerprint density at radius 2 is 1.68 bits per heavy atom. The molecule has 0 aliphatic rings. The van der Waals surface area contributed by atoms with E-state index in [1.807, 2.05) is 6.92 Å². The van der Waals surface area contributed by atoms with Crippen molar-refractivity contribution >= 4 is 38.9 Å². The van der Waals surface area contributed by atoms with E-state index in [4.69, 9.17) is 11.6 Å². The van der Waals surface area contributed by atoms with Gasteiger partial charge in [0.25, 0.3) is 15.9 Å². The number of sulfonamides is 1. The number of nitrogens with one attached hydrogen (secondary N) is 2. The van der Waals surface area contributed by atoms with Crippen molar-refractivity contribution in [2.75, 3.05) is 10.0 Å². The first-order valence-corrected chi connectivity index (χ1v) is 10.1. The van der Waals surface area contributed by atoms with Crippen LogP contribution >= 0.6 is 11.6 Å². The molecule has 3 aromatic carbocycles. The van der Waals surface area contributed by atoms with Crippen LogP contribution in [0.4, 0.5) is 15.8 Å². The van der Waals surface area contributed by atoms with Gasteiger partial charge in [-0.25, -0.2) is 12.8 Å². The number of benzene rings is 3. The molecular formula is C20H16ClFN2O3S. The van der Waals surface area contributed by atoms with Crippen molar-refractivity contribution in [3.63, 3.8) is 0 Å². The van der Waals surface area contributed by atoms with Crippen LogP contribution in [-0.2, 0) is 10.0 Å². The molecule has 0 bridgehead atoms. The van der Waals surface area contributed by atoms with Crippen LogP contribution in [0.5, 0.6) is 0 Å². The van der Waals surface area contributed by atoms with Crippen molar-refractivity contribution in [3.05, 3.63) is 88.7 Å². The van der Waals surface area contributed by atoms with Crippen LogP contribution in [0, 0.1) is 12.7 Å². The van der Waals surface area contributed by atoms with Crippen LogP contribution in [-0.4, -0.2) is 14.3 Å². The highest BCUT2D eigenvalue weighted by Crippen LogP contribution is 2.24. The predicted molar refractivity (Wildman–Crippen MR) is 108 cm³/mol. The zero-order valence-electron chi connectivity index (χ0n) is 14.7. The topological polar surface area (TPSA) is 75.3 Å². The van der Waals surface area contributed by atoms with Gasteiger partial charge in [0, 0.05) is 5.69 Å². The second-order valence-electron chi connectivity index (χ2n) is 6.08. The normalized spacial score (nSPS) is 11.1. The zero-order valence-corrected chi connectivity index (χ0v) is 16.3. The van der Waals surface area contributed by atoms with E-state index in [0.717, 1.165) is 5.56 Å². The van der Waals surface area contributed by atoms with E-state index < -0.39 is 21.7 Å². The molecule has 8 heteroatoms. The minimum absolute atomic E-state index is 0.0537. The largest absolute Gasteiger partial charge is 0.322 e. The number of hydrogen-bond acceptors (Lipinski definition) is 3. The van der Waals surface area contributed by atoms with Crippen molar-refractivity contribution in [3.8, 4) is 0 Å². The number of hydrogen-bond donors (Lipinski definition) is 2. The van der Waals surface area contributed by atoms with Gasteiger partial charge in [0.15, 0.2) is 0 Å². The van der Waals surface area contributed by atoms with Crippen LogP contribution in [0.25, 0.3) is 0 Å². The van der Waals surface area contributed by atoms with E-state index in [2.05, 4.69) is 10.0 Å². The van der Waals surface area contributed by atoms with Crippen molar-refractivity contribution in [1.82, 2.24) is 0 Å². The van der Waals surface area contributed by atoms with Crippen molar-refractivity contribution < 1.29 is 17.6 Å². The summed E-state index contributed by atoms with van der Waals surface area (Å²) in [5.74, 6) is -1.02. The molecule has 1 amide bonds. The van der Waals surface area contributed by atoms with Gasteiger partial charge in [-0.3, -0.25) is 9.52 Å². The van der Waals surface area contributed by atoms with E-state index in [-0.39, 0.29) is 26.9 Å². The van der Waals surface area contributed by atoms with Crippen LogP contribution in [0.2, 0.25) is 5.02 Å². The SMILES string of the molecule is Cc1ccc(S(=O)(=O)Nc2ccc(C(=O)Nc3cccc(F)c3)c(Cl)c2)cc1. The summed E-state index contributed by atoms with van der Waals surface area (Å²) in [6.07, 6.45) is 0. The van der Waals surface area contributed by atoms with Crippen LogP contribution in [0.3, 0.4) is 0 Å². The molecule has 0 atom stereocenters. The van der Waals surface area contributed by atoms with Gasteiger partial charge in [-0.05, 0) is 55.5 Å². The van der Waals surface area contributed by atoms with Gasteiger partial charge in [0.05, 0.1) is 21.2 Å². The third kappa shape index (κ3) is 4.68. The van der Waals surface area contributed by atoms with Gasteiger partial charge in [-0.2, -0.15) is 0 Å². The van der Waals surface area contributed by atoms with Gasteiger partial charge in [-0.1, -0.05) is 35.4 Å². The number of amides is 1. The summed E-state index contributed by atoms with van der Waals surface area (Å²) < 4.78 is 40.5. The minimum Gasteiger partial charge on any atom is -0.322 e. The predicted octanol–water partition coefficient (Wildman–Crippen LogP) is 4.84. The highest BCUT2D eigenvalue weighted by Gasteiger charge is 2.16. The maximum Gasteiger partial charge on any atom is 0.261 e. The lowest BCUT2D eigenvalue weighted by molar-refractivity contribution is 0.102. The van der Waals surface area contributed by atoms with Gasteiger partial charge in [0.1, 0.15) is 5.82 Å². The molecule has 3 aromatic rings. The Morgan fingerprint density at radius 1 is 0.964 bits per heavy atom. The third-order valence-electron chi connectivity index (χ3n) is 3.88. The summed E-state index contributed by atoms with van der Waals surface area (Å²) in [4.78, 5) is 12.5. The molecule has 2 N–H and O–H groups in total. The molecule has 28 heavy (non-hydrogen) atoms. The number of anilines is 2. The fraction of sp³-hybridized carbons (Fsp3) is 0.0500. The maximum absolute atomic E-state index is 13.2. The first-order valence-electron chi connectivity index (χ1n) is 8.20. The van der Waals surface area contributed by atoms with Gasteiger partial charge < -0.3 is 5.32 Å². The minimum atomic E-state index is -3.78. The number of rotatable bonds is 5. The number of carbonyl (C=O) groups excluding carboxylic acids is 1. The Bertz CT molecular complexity index is 1130. The molecule has 0 aliphatic heterocycles. The molecule has 0 spiro atoms. The fourth-order valence-electron chi connectivity index (χ4n) is 2.46. The molecule has 0 unspecified atom stereocenters. The van der Waals surface area contributed by atoms with E-state index in [0.29, 0.717) is 0 Å². The van der Waals surface area contributed by atoms with Crippen molar-refractivity contribution in [2.24, 2.45) is 0 Å². The van der Waals surface area contributed by atoms with Crippen LogP contribution < -0.4 is 10.0 Å². The molecule has 3 rings (SSSR count). The molecule has 5 nitrogen and oxygen atoms in total. The van der Waals surface area contributed by atoms with Crippen molar-refractivity contribution in [2.45, 2.75) is 11.8 Å². The standard InChI is InChI=1S/C20H16ClFN2O3S/c1-13-5-8-17(9-6-13)28(26,27)24-16-7-10-18(19(21)12-16)20(25)23-15-4-2-3-14(22)11-15/h2-12,24H,1H3,(H,23,25). The Balaban J connectivity index is 1.78. The quantitative estimate of drug-likeness (QED) is 0.622. The van der Waals surface area contributed by atoms with Crippen LogP contribution in [0.15, 0.2) is 71.6 Å². The average Bonchev–Trinajstić information content (AvgIpc) is 2.61. The summed E-state index contributed by atoms with van der Waals surface area (Å²) in [5.41, 5.74) is 1.57. The van der Waals surface area contributed by atoms with E-state index >= 15 is 0 Å². The first kappa shape index (κ1) is 19.9. The molecule has 0 fully saturated rings. The third-order valence-corrected chi connectivity index (χ3v) is 5.59. The Hall–Kier alpha value is -2.90. The van der Waals surface area contributed by atoms with E-state index in [9.17, 15) is 17.6 Å². The summed E-state index contributed by atoms with van der Waals surface area (Å²) in [7, 11) is -3.78. The Labute approximate surface area is 167 Å². The van der Waals surface area contributed by atoms with Gasteiger partial charge in [-0.15, -0.1) is 0 Å². The van der Waals surface area contributed by atoms with Gasteiger partial charge in [0.2, 0.25) is 0 Å².